The van der Waals surface area contributed by atoms with Gasteiger partial charge < -0.3 is 0 Å². The lowest BCUT2D eigenvalue weighted by Crippen LogP contribution is -2.41. The van der Waals surface area contributed by atoms with Gasteiger partial charge in [-0.2, -0.15) is 0 Å². The van der Waals surface area contributed by atoms with Crippen LogP contribution in [-0.4, -0.2) is 11.8 Å². The maximum Gasteiger partial charge on any atom is 0.266 e. The zero-order valence-electron chi connectivity index (χ0n) is 35.1. The molecule has 8 aromatic rings. The Hall–Kier alpha value is -5.80. The van der Waals surface area contributed by atoms with E-state index in [1.54, 1.807) is 0 Å². The predicted molar refractivity (Wildman–Crippen MR) is 248 cm³/mol. The zero-order valence-corrected chi connectivity index (χ0v) is 35.1. The highest BCUT2D eigenvalue weighted by atomic mass is 16.2. The zero-order chi connectivity index (χ0) is 40.6. The molecule has 0 spiro atoms. The number of unbranched alkanes of at least 4 members (excludes halogenated alkanes) is 5. The minimum Gasteiger partial charge on any atom is -0.268 e. The summed E-state index contributed by atoms with van der Waals surface area (Å²) in [6.07, 6.45) is 9.68. The highest BCUT2D eigenvalue weighted by Crippen LogP contribution is 2.54. The van der Waals surface area contributed by atoms with Crippen LogP contribution < -0.4 is 4.90 Å². The molecule has 2 aliphatic rings. The molecule has 3 nitrogen and oxygen atoms in total. The van der Waals surface area contributed by atoms with Gasteiger partial charge in [-0.25, -0.2) is 4.90 Å². The van der Waals surface area contributed by atoms with Crippen molar-refractivity contribution in [2.45, 2.75) is 103 Å². The van der Waals surface area contributed by atoms with E-state index in [2.05, 4.69) is 144 Å². The van der Waals surface area contributed by atoms with Crippen LogP contribution in [0.4, 0.5) is 5.69 Å². The van der Waals surface area contributed by atoms with Crippen molar-refractivity contribution in [3.05, 3.63) is 160 Å². The van der Waals surface area contributed by atoms with Gasteiger partial charge in [-0.3, -0.25) is 9.59 Å². The van der Waals surface area contributed by atoms with E-state index in [-0.39, 0.29) is 29.1 Å². The summed E-state index contributed by atoms with van der Waals surface area (Å²) in [4.78, 5) is 31.1. The Morgan fingerprint density at radius 1 is 0.475 bits per heavy atom. The van der Waals surface area contributed by atoms with Gasteiger partial charge in [0.1, 0.15) is 0 Å². The van der Waals surface area contributed by atoms with Crippen LogP contribution >= 0.6 is 0 Å². The minimum atomic E-state index is -0.242. The lowest BCUT2D eigenvalue weighted by molar-refractivity contribution is 0.0893. The van der Waals surface area contributed by atoms with Gasteiger partial charge in [0.05, 0.1) is 5.69 Å². The van der Waals surface area contributed by atoms with Crippen molar-refractivity contribution in [2.75, 3.05) is 4.90 Å². The van der Waals surface area contributed by atoms with Crippen molar-refractivity contribution >= 4 is 60.6 Å². The Bertz CT molecular complexity index is 2820. The van der Waals surface area contributed by atoms with Crippen LogP contribution in [0, 0.1) is 0 Å². The number of hydrogen-bond donors (Lipinski definition) is 0. The summed E-state index contributed by atoms with van der Waals surface area (Å²) in [5.74, 6) is -0.195. The Balaban J connectivity index is 1.13. The first kappa shape index (κ1) is 37.5. The lowest BCUT2D eigenvalue weighted by Gasteiger charge is -2.34. The minimum absolute atomic E-state index is 0.124. The lowest BCUT2D eigenvalue weighted by atomic mass is 9.69. The second-order valence-electron chi connectivity index (χ2n) is 18.0. The van der Waals surface area contributed by atoms with Crippen molar-refractivity contribution in [1.82, 2.24) is 0 Å². The molecular formula is C56H53NO2. The molecule has 10 rings (SSSR count). The number of hydrogen-bond acceptors (Lipinski definition) is 2. The number of benzene rings is 8. The predicted octanol–water partition coefficient (Wildman–Crippen LogP) is 15.0. The van der Waals surface area contributed by atoms with Crippen LogP contribution in [0.3, 0.4) is 0 Å². The molecule has 1 heterocycles. The summed E-state index contributed by atoms with van der Waals surface area (Å²) in [6, 6.07) is 44.2. The highest BCUT2D eigenvalue weighted by Gasteiger charge is 2.43. The number of carbonyl (C=O) groups excluding carboxylic acids is 2. The molecular weight excluding hydrogens is 719 g/mol. The maximum absolute atomic E-state index is 14.8. The SMILES string of the molecule is CCCCCCCCC1(Cc2ccc3c4ccc5c6c(ccc(c7cccc2c73)c64)C(=O)N(c2c(C(C)C)cccc2C(C)C)C5=O)c2ccccc2-c2ccccc21. The van der Waals surface area contributed by atoms with Crippen LogP contribution in [0.5, 0.6) is 0 Å². The fourth-order valence-corrected chi connectivity index (χ4v) is 11.2. The Morgan fingerprint density at radius 3 is 1.59 bits per heavy atom. The molecule has 1 aliphatic carbocycles. The Morgan fingerprint density at radius 2 is 0.983 bits per heavy atom. The van der Waals surface area contributed by atoms with E-state index in [4.69, 9.17) is 0 Å². The number of anilines is 1. The van der Waals surface area contributed by atoms with Crippen LogP contribution in [0.25, 0.3) is 54.2 Å². The van der Waals surface area contributed by atoms with E-state index in [1.165, 1.54) is 92.8 Å². The van der Waals surface area contributed by atoms with E-state index < -0.39 is 0 Å². The smallest absolute Gasteiger partial charge is 0.266 e. The summed E-state index contributed by atoms with van der Waals surface area (Å²) in [5, 5.41) is 8.86. The average Bonchev–Trinajstić information content (AvgIpc) is 3.52. The topological polar surface area (TPSA) is 37.4 Å². The summed E-state index contributed by atoms with van der Waals surface area (Å²) < 4.78 is 0. The first-order valence-electron chi connectivity index (χ1n) is 22.1. The molecule has 294 valence electrons. The van der Waals surface area contributed by atoms with E-state index >= 15 is 0 Å². The van der Waals surface area contributed by atoms with Crippen LogP contribution in [0.2, 0.25) is 0 Å². The summed E-state index contributed by atoms with van der Waals surface area (Å²) >= 11 is 0. The molecule has 0 saturated heterocycles. The van der Waals surface area contributed by atoms with Crippen molar-refractivity contribution in [3.8, 4) is 11.1 Å². The molecule has 0 bridgehead atoms. The van der Waals surface area contributed by atoms with Crippen molar-refractivity contribution in [2.24, 2.45) is 0 Å². The number of fused-ring (bicyclic) bond motifs is 5. The number of carbonyl (C=O) groups is 2. The quantitative estimate of drug-likeness (QED) is 0.0537. The molecule has 0 N–H and O–H groups in total. The summed E-state index contributed by atoms with van der Waals surface area (Å²) in [5.41, 5.74) is 10.9. The fourth-order valence-electron chi connectivity index (χ4n) is 11.2. The number of amides is 2. The van der Waals surface area contributed by atoms with E-state index in [9.17, 15) is 9.59 Å². The van der Waals surface area contributed by atoms with Gasteiger partial charge >= 0.3 is 0 Å². The van der Waals surface area contributed by atoms with Gasteiger partial charge in [-0.1, -0.05) is 182 Å². The van der Waals surface area contributed by atoms with Gasteiger partial charge in [0.2, 0.25) is 0 Å². The molecule has 3 heteroatoms. The number of nitrogens with zero attached hydrogens (tertiary/aromatic N) is 1. The van der Waals surface area contributed by atoms with Crippen molar-refractivity contribution in [1.29, 1.82) is 0 Å². The highest BCUT2D eigenvalue weighted by molar-refractivity contribution is 6.42. The molecule has 0 aromatic heterocycles. The molecule has 0 radical (unpaired) electrons. The largest absolute Gasteiger partial charge is 0.268 e. The van der Waals surface area contributed by atoms with Crippen LogP contribution in [-0.2, 0) is 11.8 Å². The van der Waals surface area contributed by atoms with Gasteiger partial charge in [-0.15, -0.1) is 0 Å². The summed E-state index contributed by atoms with van der Waals surface area (Å²) in [6.45, 7) is 10.8. The Labute approximate surface area is 348 Å². The van der Waals surface area contributed by atoms with Gasteiger partial charge in [-0.05, 0) is 113 Å². The normalized spacial score (nSPS) is 14.5. The van der Waals surface area contributed by atoms with Gasteiger partial charge in [0.25, 0.3) is 11.8 Å². The monoisotopic (exact) mass is 771 g/mol. The molecule has 8 aromatic carbocycles. The number of imide groups is 1. The second kappa shape index (κ2) is 14.5. The van der Waals surface area contributed by atoms with E-state index in [0.717, 1.165) is 51.2 Å². The molecule has 1 aliphatic heterocycles. The van der Waals surface area contributed by atoms with Gasteiger partial charge in [0.15, 0.2) is 0 Å². The Kier molecular flexibility index (Phi) is 9.20. The van der Waals surface area contributed by atoms with E-state index in [0.29, 0.717) is 11.1 Å². The van der Waals surface area contributed by atoms with Crippen molar-refractivity contribution < 1.29 is 9.59 Å². The third kappa shape index (κ3) is 5.60. The molecule has 0 fully saturated rings. The first-order chi connectivity index (χ1) is 28.7. The summed E-state index contributed by atoms with van der Waals surface area (Å²) in [7, 11) is 0. The third-order valence-electron chi connectivity index (χ3n) is 13.9. The number of para-hydroxylation sites is 1. The molecule has 0 atom stereocenters. The molecule has 2 amide bonds. The number of rotatable bonds is 12. The molecule has 0 unspecified atom stereocenters. The van der Waals surface area contributed by atoms with E-state index in [1.807, 2.05) is 12.1 Å². The van der Waals surface area contributed by atoms with Crippen molar-refractivity contribution in [3.63, 3.8) is 0 Å². The third-order valence-corrected chi connectivity index (χ3v) is 13.9. The van der Waals surface area contributed by atoms with Crippen LogP contribution in [0.15, 0.2) is 121 Å². The van der Waals surface area contributed by atoms with Gasteiger partial charge in [0, 0.05) is 21.9 Å². The fraction of sp³-hybridized carbons (Fsp3) is 0.286. The van der Waals surface area contributed by atoms with Crippen LogP contribution in [0.1, 0.15) is 140 Å². The standard InChI is InChI=1S/C56H53NO2/c1-6-7-8-9-10-15-32-56(48-24-13-11-18-40(48)41-19-12-14-25-49(41)56)33-36-26-27-43-45-29-31-47-52-46(30-28-44(51(45)52)42-23-17-22-39(36)50(42)43)54(58)57(55(47)59)53-37(34(2)3)20-16-21-38(53)35(4)5/h11-14,16-31,34-35H,6-10,15,32-33H2,1-5H3. The average molecular weight is 772 g/mol. The first-order valence-corrected chi connectivity index (χ1v) is 22.1. The molecule has 59 heavy (non-hydrogen) atoms. The molecule has 0 saturated carbocycles. The second-order valence-corrected chi connectivity index (χ2v) is 18.0. The maximum atomic E-state index is 14.8.